The Morgan fingerprint density at radius 3 is 2.72 bits per heavy atom. The van der Waals surface area contributed by atoms with Crippen LogP contribution >= 0.6 is 12.6 Å². The van der Waals surface area contributed by atoms with Crippen LogP contribution in [0.15, 0.2) is 24.3 Å². The van der Waals surface area contributed by atoms with Gasteiger partial charge in [-0.3, -0.25) is 0 Å². The first-order chi connectivity index (χ1) is 7.96. The molecule has 2 aromatic rings. The summed E-state index contributed by atoms with van der Waals surface area (Å²) in [6, 6.07) is 7.20. The molecule has 0 saturated heterocycles. The molecule has 0 radical (unpaired) electrons. The maximum absolute atomic E-state index is 11.6. The van der Waals surface area contributed by atoms with E-state index in [1.807, 2.05) is 12.1 Å². The van der Waals surface area contributed by atoms with Gasteiger partial charge in [-0.05, 0) is 12.1 Å². The molecule has 1 atom stereocenters. The van der Waals surface area contributed by atoms with Crippen molar-refractivity contribution in [1.82, 2.24) is 9.97 Å². The van der Waals surface area contributed by atoms with Gasteiger partial charge in [0.25, 0.3) is 0 Å². The molecule has 5 nitrogen and oxygen atoms in total. The number of nitrogens with zero attached hydrogens (tertiary/aromatic N) is 1. The Morgan fingerprint density at radius 1 is 1.44 bits per heavy atom. The summed E-state index contributed by atoms with van der Waals surface area (Å²) in [6.07, 6.45) is 0. The van der Waals surface area contributed by atoms with E-state index in [9.17, 15) is 8.42 Å². The molecule has 1 heterocycles. The second-order valence-electron chi connectivity index (χ2n) is 3.72. The molecule has 0 aliphatic carbocycles. The Morgan fingerprint density at radius 2 is 2.11 bits per heavy atom. The summed E-state index contributed by atoms with van der Waals surface area (Å²) in [4.78, 5) is 6.81. The monoisotopic (exact) mass is 296 g/mol. The van der Waals surface area contributed by atoms with Gasteiger partial charge in [0.1, 0.15) is 0 Å². The molecule has 1 N–H and O–H groups in total. The van der Waals surface area contributed by atoms with Crippen molar-refractivity contribution in [1.29, 1.82) is 0 Å². The average Bonchev–Trinajstić information content (AvgIpc) is 2.55. The summed E-state index contributed by atoms with van der Waals surface area (Å²) < 4.78 is 28.0. The van der Waals surface area contributed by atoms with Crippen LogP contribution in [0.3, 0.4) is 0 Å². The summed E-state index contributed by atoms with van der Waals surface area (Å²) in [5.74, 6) is -0.160. The Bertz CT molecular complexity index is 592. The molecule has 0 spiro atoms. The molecule has 1 aromatic carbocycles. The van der Waals surface area contributed by atoms with Crippen molar-refractivity contribution in [3.63, 3.8) is 0 Å². The van der Waals surface area contributed by atoms with Crippen LogP contribution in [0.1, 0.15) is 6.92 Å². The average molecular weight is 296 g/mol. The van der Waals surface area contributed by atoms with Crippen LogP contribution in [0.2, 0.25) is 0 Å². The van der Waals surface area contributed by atoms with E-state index in [2.05, 4.69) is 22.6 Å². The number of nitrogens with one attached hydrogen (secondary N) is 1. The number of fused-ring (bicyclic) bond motifs is 1. The third-order valence-corrected chi connectivity index (χ3v) is 3.77. The maximum atomic E-state index is 11.6. The van der Waals surface area contributed by atoms with E-state index >= 15 is 0 Å². The van der Waals surface area contributed by atoms with Crippen LogP contribution in [0.4, 0.5) is 0 Å². The van der Waals surface area contributed by atoms with Crippen molar-refractivity contribution < 1.29 is 12.6 Å². The van der Waals surface area contributed by atoms with Crippen molar-refractivity contribution >= 4 is 63.3 Å². The fraction of sp³-hybridized carbons (Fsp3) is 0.300. The Hall–Kier alpha value is -0.210. The second-order valence-corrected chi connectivity index (χ2v) is 6.21. The van der Waals surface area contributed by atoms with Gasteiger partial charge in [0.15, 0.2) is 0 Å². The summed E-state index contributed by atoms with van der Waals surface area (Å²) in [6.45, 7) is 1.68. The number of imidazole rings is 1. The van der Waals surface area contributed by atoms with Crippen molar-refractivity contribution in [2.24, 2.45) is 0 Å². The van der Waals surface area contributed by atoms with Crippen LogP contribution < -0.4 is 4.18 Å². The molecule has 94 valence electrons. The number of para-hydroxylation sites is 2. The molecule has 0 aliphatic heterocycles. The van der Waals surface area contributed by atoms with Crippen LogP contribution in [-0.2, 0) is 10.1 Å². The molecule has 0 amide bonds. The molecule has 1 aromatic heterocycles. The van der Waals surface area contributed by atoms with Crippen LogP contribution in [0.5, 0.6) is 6.01 Å². The predicted molar refractivity (Wildman–Crippen MR) is 76.1 cm³/mol. The molecule has 0 fully saturated rings. The number of aromatic amines is 1. The number of rotatable bonds is 4. The fourth-order valence-electron chi connectivity index (χ4n) is 1.42. The number of aromatic nitrogens is 2. The molecule has 8 heteroatoms. The first-order valence-electron chi connectivity index (χ1n) is 5.01. The van der Waals surface area contributed by atoms with Gasteiger partial charge in [-0.15, -0.1) is 0 Å². The molecule has 18 heavy (non-hydrogen) atoms. The first-order valence-corrected chi connectivity index (χ1v) is 7.10. The third-order valence-electron chi connectivity index (χ3n) is 2.02. The topological polar surface area (TPSA) is 72.1 Å². The van der Waals surface area contributed by atoms with Gasteiger partial charge in [-0.2, -0.15) is 26.0 Å². The van der Waals surface area contributed by atoms with Crippen molar-refractivity contribution in [2.45, 2.75) is 12.2 Å². The SMILES string of the molecule is CC(S)CS(=O)(=O)Oc1nc2ccccc2[nH]1.[NaH]. The van der Waals surface area contributed by atoms with Crippen molar-refractivity contribution in [2.75, 3.05) is 5.75 Å². The Balaban J connectivity index is 0.00000162. The number of hydrogen-bond donors (Lipinski definition) is 2. The van der Waals surface area contributed by atoms with E-state index in [-0.39, 0.29) is 46.6 Å². The standard InChI is InChI=1S/C10H12N2O3S2.Na.H/c1-7(16)6-17(13,14)15-10-11-8-4-2-3-5-9(8)12-10;;/h2-5,7,16H,6H2,1H3,(H,11,12);;. The molecular formula is C10H13N2NaO3S2. The molecule has 0 bridgehead atoms. The number of thiol groups is 1. The zero-order valence-corrected chi connectivity index (χ0v) is 10.8. The van der Waals surface area contributed by atoms with Crippen LogP contribution in [0, 0.1) is 0 Å². The van der Waals surface area contributed by atoms with Crippen molar-refractivity contribution in [3.05, 3.63) is 24.3 Å². The Labute approximate surface area is 133 Å². The van der Waals surface area contributed by atoms with E-state index in [0.717, 1.165) is 5.52 Å². The van der Waals surface area contributed by atoms with Gasteiger partial charge in [0, 0.05) is 5.25 Å². The van der Waals surface area contributed by atoms with Gasteiger partial charge in [0.05, 0.1) is 16.8 Å². The van der Waals surface area contributed by atoms with Gasteiger partial charge >= 0.3 is 45.7 Å². The van der Waals surface area contributed by atoms with E-state index < -0.39 is 10.1 Å². The zero-order valence-electron chi connectivity index (χ0n) is 9.12. The number of hydrogen-bond acceptors (Lipinski definition) is 5. The summed E-state index contributed by atoms with van der Waals surface area (Å²) in [5, 5.41) is -0.288. The minimum atomic E-state index is -3.65. The van der Waals surface area contributed by atoms with Crippen LogP contribution in [0.25, 0.3) is 11.0 Å². The van der Waals surface area contributed by atoms with Crippen molar-refractivity contribution in [3.8, 4) is 6.01 Å². The van der Waals surface area contributed by atoms with E-state index in [0.29, 0.717) is 5.52 Å². The summed E-state index contributed by atoms with van der Waals surface area (Å²) >= 11 is 4.02. The third kappa shape index (κ3) is 4.17. The minimum absolute atomic E-state index is 0. The number of H-pyrrole nitrogens is 1. The van der Waals surface area contributed by atoms with E-state index in [4.69, 9.17) is 4.18 Å². The predicted octanol–water partition coefficient (Wildman–Crippen LogP) is 0.941. The molecular weight excluding hydrogens is 283 g/mol. The summed E-state index contributed by atoms with van der Waals surface area (Å²) in [7, 11) is -3.65. The molecule has 1 unspecified atom stereocenters. The number of benzene rings is 1. The Kier molecular flexibility index (Phi) is 5.54. The second kappa shape index (κ2) is 6.29. The van der Waals surface area contributed by atoms with Gasteiger partial charge in [-0.1, -0.05) is 19.1 Å². The quantitative estimate of drug-likeness (QED) is 0.500. The van der Waals surface area contributed by atoms with Crippen LogP contribution in [-0.4, -0.2) is 58.9 Å². The zero-order chi connectivity index (χ0) is 12.5. The fourth-order valence-corrected chi connectivity index (χ4v) is 2.94. The van der Waals surface area contributed by atoms with Gasteiger partial charge in [-0.25, -0.2) is 0 Å². The summed E-state index contributed by atoms with van der Waals surface area (Å²) in [5.41, 5.74) is 1.40. The van der Waals surface area contributed by atoms with E-state index in [1.165, 1.54) is 0 Å². The first kappa shape index (κ1) is 15.8. The van der Waals surface area contributed by atoms with E-state index in [1.54, 1.807) is 19.1 Å². The molecule has 0 aliphatic rings. The van der Waals surface area contributed by atoms with Gasteiger partial charge in [0.2, 0.25) is 0 Å². The molecule has 0 saturated carbocycles. The molecule has 2 rings (SSSR count). The normalized spacial score (nSPS) is 13.0. The van der Waals surface area contributed by atoms with Gasteiger partial charge < -0.3 is 9.17 Å².